The molecule has 25 heavy (non-hydrogen) atoms. The summed E-state index contributed by atoms with van der Waals surface area (Å²) in [7, 11) is 0. The van der Waals surface area contributed by atoms with Gasteiger partial charge < -0.3 is 5.32 Å². The van der Waals surface area contributed by atoms with Gasteiger partial charge >= 0.3 is 0 Å². The van der Waals surface area contributed by atoms with Crippen LogP contribution < -0.4 is 5.32 Å². The molecule has 5 heteroatoms. The summed E-state index contributed by atoms with van der Waals surface area (Å²) in [6.07, 6.45) is 0. The lowest BCUT2D eigenvalue weighted by molar-refractivity contribution is -0.115. The number of halogens is 2. The molecule has 0 spiro atoms. The molecule has 0 bridgehead atoms. The van der Waals surface area contributed by atoms with Crippen LogP contribution in [0.2, 0.25) is 10.0 Å². The van der Waals surface area contributed by atoms with Crippen molar-refractivity contribution in [1.82, 2.24) is 0 Å². The number of carbonyl (C=O) groups is 1. The molecule has 1 atom stereocenters. The summed E-state index contributed by atoms with van der Waals surface area (Å²) in [4.78, 5) is 14.0. The smallest absolute Gasteiger partial charge is 0.242 e. The van der Waals surface area contributed by atoms with Crippen molar-refractivity contribution in [3.63, 3.8) is 0 Å². The van der Waals surface area contributed by atoms with E-state index >= 15 is 0 Å². The third-order valence-corrected chi connectivity index (χ3v) is 5.35. The Bertz CT molecular complexity index is 856. The normalized spacial score (nSPS) is 11.8. The van der Waals surface area contributed by atoms with Crippen LogP contribution in [0.15, 0.2) is 83.8 Å². The van der Waals surface area contributed by atoms with E-state index < -0.39 is 5.25 Å². The van der Waals surface area contributed by atoms with Crippen LogP contribution in [0, 0.1) is 0 Å². The molecule has 126 valence electrons. The molecule has 3 aromatic carbocycles. The third-order valence-electron chi connectivity index (χ3n) is 3.52. The molecule has 0 saturated carbocycles. The van der Waals surface area contributed by atoms with Crippen LogP contribution in [-0.4, -0.2) is 5.91 Å². The lowest BCUT2D eigenvalue weighted by Gasteiger charge is -2.17. The number of thioether (sulfide) groups is 1. The Morgan fingerprint density at radius 3 is 2.20 bits per heavy atom. The van der Waals surface area contributed by atoms with E-state index in [1.807, 2.05) is 60.7 Å². The molecule has 0 fully saturated rings. The average molecular weight is 388 g/mol. The maximum Gasteiger partial charge on any atom is 0.242 e. The molecule has 1 unspecified atom stereocenters. The Morgan fingerprint density at radius 2 is 1.52 bits per heavy atom. The van der Waals surface area contributed by atoms with Gasteiger partial charge in [-0.1, -0.05) is 71.7 Å². The Balaban J connectivity index is 1.88. The zero-order chi connectivity index (χ0) is 17.6. The van der Waals surface area contributed by atoms with Crippen LogP contribution in [0.4, 0.5) is 5.69 Å². The predicted molar refractivity (Wildman–Crippen MR) is 107 cm³/mol. The van der Waals surface area contributed by atoms with Gasteiger partial charge in [-0.05, 0) is 35.9 Å². The zero-order valence-electron chi connectivity index (χ0n) is 13.2. The van der Waals surface area contributed by atoms with Crippen molar-refractivity contribution in [1.29, 1.82) is 0 Å². The Hall–Kier alpha value is -1.94. The number of amides is 1. The highest BCUT2D eigenvalue weighted by molar-refractivity contribution is 8.00. The van der Waals surface area contributed by atoms with E-state index in [1.54, 1.807) is 18.2 Å². The van der Waals surface area contributed by atoms with E-state index in [0.29, 0.717) is 15.7 Å². The number of benzene rings is 3. The summed E-state index contributed by atoms with van der Waals surface area (Å²) < 4.78 is 0. The highest BCUT2D eigenvalue weighted by Gasteiger charge is 2.22. The molecule has 1 N–H and O–H groups in total. The van der Waals surface area contributed by atoms with Gasteiger partial charge in [0.2, 0.25) is 5.91 Å². The number of anilines is 1. The minimum atomic E-state index is -0.404. The first-order valence-corrected chi connectivity index (χ1v) is 9.29. The summed E-state index contributed by atoms with van der Waals surface area (Å²) in [5.41, 5.74) is 1.43. The Morgan fingerprint density at radius 1 is 0.880 bits per heavy atom. The first-order chi connectivity index (χ1) is 12.1. The molecule has 0 aromatic heterocycles. The monoisotopic (exact) mass is 387 g/mol. The van der Waals surface area contributed by atoms with E-state index in [2.05, 4.69) is 5.32 Å². The average Bonchev–Trinajstić information content (AvgIpc) is 2.64. The molecule has 0 aliphatic heterocycles. The minimum absolute atomic E-state index is 0.149. The van der Waals surface area contributed by atoms with Gasteiger partial charge in [0, 0.05) is 9.92 Å². The fourth-order valence-corrected chi connectivity index (χ4v) is 3.71. The minimum Gasteiger partial charge on any atom is -0.323 e. The highest BCUT2D eigenvalue weighted by Crippen LogP contribution is 2.37. The Labute approximate surface area is 161 Å². The van der Waals surface area contributed by atoms with Crippen LogP contribution in [0.1, 0.15) is 10.8 Å². The maximum absolute atomic E-state index is 12.9. The van der Waals surface area contributed by atoms with E-state index in [0.717, 1.165) is 10.5 Å². The van der Waals surface area contributed by atoms with Gasteiger partial charge in [0.1, 0.15) is 5.25 Å². The van der Waals surface area contributed by atoms with E-state index in [1.165, 1.54) is 11.8 Å². The van der Waals surface area contributed by atoms with Gasteiger partial charge in [-0.2, -0.15) is 0 Å². The lowest BCUT2D eigenvalue weighted by atomic mass is 10.1. The van der Waals surface area contributed by atoms with E-state index in [4.69, 9.17) is 23.2 Å². The lowest BCUT2D eigenvalue weighted by Crippen LogP contribution is -2.19. The third kappa shape index (κ3) is 4.79. The van der Waals surface area contributed by atoms with Crippen molar-refractivity contribution in [3.8, 4) is 0 Å². The fraction of sp³-hybridized carbons (Fsp3) is 0.0500. The molecular formula is C20H15Cl2NOS. The van der Waals surface area contributed by atoms with Crippen molar-refractivity contribution in [3.05, 3.63) is 94.5 Å². The van der Waals surface area contributed by atoms with Gasteiger partial charge in [0.05, 0.1) is 10.7 Å². The number of hydrogen-bond acceptors (Lipinski definition) is 2. The van der Waals surface area contributed by atoms with Gasteiger partial charge in [-0.3, -0.25) is 4.79 Å². The molecule has 0 aliphatic carbocycles. The fourth-order valence-electron chi connectivity index (χ4n) is 2.33. The van der Waals surface area contributed by atoms with Crippen LogP contribution in [0.5, 0.6) is 0 Å². The zero-order valence-corrected chi connectivity index (χ0v) is 15.5. The second-order valence-electron chi connectivity index (χ2n) is 5.34. The van der Waals surface area contributed by atoms with E-state index in [-0.39, 0.29) is 5.91 Å². The second-order valence-corrected chi connectivity index (χ2v) is 7.36. The van der Waals surface area contributed by atoms with Gasteiger partial charge in [0.25, 0.3) is 0 Å². The molecule has 3 aromatic rings. The summed E-state index contributed by atoms with van der Waals surface area (Å²) in [6, 6.07) is 24.5. The van der Waals surface area contributed by atoms with Crippen LogP contribution >= 0.6 is 35.0 Å². The molecule has 0 heterocycles. The molecule has 2 nitrogen and oxygen atoms in total. The van der Waals surface area contributed by atoms with Crippen LogP contribution in [0.25, 0.3) is 0 Å². The van der Waals surface area contributed by atoms with Crippen molar-refractivity contribution < 1.29 is 4.79 Å². The maximum atomic E-state index is 12.9. The molecule has 0 saturated heterocycles. The quantitative estimate of drug-likeness (QED) is 0.508. The summed E-state index contributed by atoms with van der Waals surface area (Å²) in [5.74, 6) is -0.149. The summed E-state index contributed by atoms with van der Waals surface area (Å²) >= 11 is 13.7. The number of nitrogens with one attached hydrogen (secondary N) is 1. The van der Waals surface area contributed by atoms with Crippen molar-refractivity contribution in [2.75, 3.05) is 5.32 Å². The molecule has 0 aliphatic rings. The second kappa shape index (κ2) is 8.43. The summed E-state index contributed by atoms with van der Waals surface area (Å²) in [5, 5.41) is 3.46. The Kier molecular flexibility index (Phi) is 6.03. The topological polar surface area (TPSA) is 29.1 Å². The van der Waals surface area contributed by atoms with Crippen molar-refractivity contribution in [2.24, 2.45) is 0 Å². The van der Waals surface area contributed by atoms with E-state index in [9.17, 15) is 4.79 Å². The number of rotatable bonds is 5. The van der Waals surface area contributed by atoms with Gasteiger partial charge in [0.15, 0.2) is 0 Å². The molecular weight excluding hydrogens is 373 g/mol. The molecule has 1 amide bonds. The highest BCUT2D eigenvalue weighted by atomic mass is 35.5. The van der Waals surface area contributed by atoms with Crippen molar-refractivity contribution in [2.45, 2.75) is 10.1 Å². The molecule has 3 rings (SSSR count). The predicted octanol–water partition coefficient (Wildman–Crippen LogP) is 6.47. The number of carbonyl (C=O) groups excluding carboxylic acids is 1. The van der Waals surface area contributed by atoms with Gasteiger partial charge in [-0.15, -0.1) is 11.8 Å². The first-order valence-electron chi connectivity index (χ1n) is 7.66. The first kappa shape index (κ1) is 17.9. The summed E-state index contributed by atoms with van der Waals surface area (Å²) in [6.45, 7) is 0. The van der Waals surface area contributed by atoms with Crippen LogP contribution in [0.3, 0.4) is 0 Å². The largest absolute Gasteiger partial charge is 0.323 e. The van der Waals surface area contributed by atoms with Crippen molar-refractivity contribution >= 4 is 46.6 Å². The van der Waals surface area contributed by atoms with Gasteiger partial charge in [-0.25, -0.2) is 0 Å². The standard InChI is InChI=1S/C20H15Cl2NOS/c21-15-11-12-17(22)18(13-15)23-20(24)19(14-7-3-1-4-8-14)25-16-9-5-2-6-10-16/h1-13,19H,(H,23,24). The van der Waals surface area contributed by atoms with Crippen LogP contribution in [-0.2, 0) is 4.79 Å². The SMILES string of the molecule is O=C(Nc1cc(Cl)ccc1Cl)C(Sc1ccccc1)c1ccccc1. The number of hydrogen-bond donors (Lipinski definition) is 1. The molecule has 0 radical (unpaired) electrons.